The molecule has 0 atom stereocenters. The number of aromatic nitrogens is 2. The highest BCUT2D eigenvalue weighted by atomic mass is 35.5. The number of aromatic amines is 1. The molecule has 0 saturated carbocycles. The molecule has 0 spiro atoms. The van der Waals surface area contributed by atoms with Crippen LogP contribution >= 0.6 is 34.8 Å². The van der Waals surface area contributed by atoms with Crippen LogP contribution in [0.3, 0.4) is 0 Å². The molecule has 0 bridgehead atoms. The zero-order valence-electron chi connectivity index (χ0n) is 20.0. The van der Waals surface area contributed by atoms with Crippen LogP contribution in [0.25, 0.3) is 16.8 Å². The van der Waals surface area contributed by atoms with Gasteiger partial charge in [0, 0.05) is 5.02 Å². The Morgan fingerprint density at radius 1 is 0.914 bits per heavy atom. The number of nitrogens with zero attached hydrogens (tertiary/aromatic N) is 2. The topological polar surface area (TPSA) is 59.4 Å². The first-order valence-corrected chi connectivity index (χ1v) is 13.4. The van der Waals surface area contributed by atoms with Gasteiger partial charge in [0.1, 0.15) is 5.69 Å². The number of hydrogen-bond acceptors (Lipinski definition) is 3. The fraction of sp³-hybridized carbons (Fsp3) is 0.407. The van der Waals surface area contributed by atoms with Crippen LogP contribution in [0, 0.1) is 0 Å². The van der Waals surface area contributed by atoms with Gasteiger partial charge in [0.25, 0.3) is 5.56 Å². The lowest BCUT2D eigenvalue weighted by molar-refractivity contribution is 0.306. The van der Waals surface area contributed by atoms with Gasteiger partial charge in [-0.05, 0) is 24.1 Å². The number of benzene rings is 2. The lowest BCUT2D eigenvalue weighted by Crippen LogP contribution is -2.16. The Kier molecular flexibility index (Phi) is 11.2. The second-order valence-corrected chi connectivity index (χ2v) is 9.74. The standard InChI is InChI=1S/C27H32Cl3N3O2/c1-2-3-4-5-6-7-8-9-13-16-35-19-31-26-24(20-14-11-10-12-15-20)27(34)33(32-26)25-22(29)17-21(28)18-23(25)30/h10-12,14-15,17-19,32H,2-9,13,16H2,1H3. The Labute approximate surface area is 222 Å². The van der Waals surface area contributed by atoms with Crippen molar-refractivity contribution in [3.8, 4) is 16.8 Å². The van der Waals surface area contributed by atoms with E-state index in [1.54, 1.807) is 0 Å². The summed E-state index contributed by atoms with van der Waals surface area (Å²) in [5.41, 5.74) is 1.11. The van der Waals surface area contributed by atoms with Gasteiger partial charge in [-0.15, -0.1) is 0 Å². The van der Waals surface area contributed by atoms with Crippen molar-refractivity contribution in [2.24, 2.45) is 4.99 Å². The van der Waals surface area contributed by atoms with Gasteiger partial charge in [-0.2, -0.15) is 0 Å². The molecule has 3 rings (SSSR count). The molecule has 8 heteroatoms. The maximum absolute atomic E-state index is 13.4. The molecule has 1 N–H and O–H groups in total. The van der Waals surface area contributed by atoms with E-state index in [0.717, 1.165) is 18.4 Å². The molecule has 0 aliphatic heterocycles. The van der Waals surface area contributed by atoms with Crippen molar-refractivity contribution in [3.63, 3.8) is 0 Å². The van der Waals surface area contributed by atoms with Crippen molar-refractivity contribution in [1.82, 2.24) is 9.78 Å². The van der Waals surface area contributed by atoms with Crippen LogP contribution < -0.4 is 5.56 Å². The average molecular weight is 537 g/mol. The van der Waals surface area contributed by atoms with Crippen molar-refractivity contribution < 1.29 is 4.74 Å². The van der Waals surface area contributed by atoms with Crippen LogP contribution in [0.4, 0.5) is 5.82 Å². The molecule has 0 radical (unpaired) electrons. The molecule has 0 fully saturated rings. The van der Waals surface area contributed by atoms with Crippen molar-refractivity contribution in [2.75, 3.05) is 6.61 Å². The summed E-state index contributed by atoms with van der Waals surface area (Å²) >= 11 is 18.8. The molecule has 0 saturated heterocycles. The van der Waals surface area contributed by atoms with Gasteiger partial charge in [-0.1, -0.05) is 123 Å². The third-order valence-electron chi connectivity index (χ3n) is 5.76. The minimum absolute atomic E-state index is 0.252. The Hall–Kier alpha value is -2.21. The van der Waals surface area contributed by atoms with E-state index < -0.39 is 0 Å². The number of H-pyrrole nitrogens is 1. The number of unbranched alkanes of at least 4 members (excludes halogenated alkanes) is 8. The fourth-order valence-corrected chi connectivity index (χ4v) is 4.91. The van der Waals surface area contributed by atoms with E-state index in [4.69, 9.17) is 39.5 Å². The molecule has 2 aromatic carbocycles. The first kappa shape index (κ1) is 27.4. The minimum atomic E-state index is -0.326. The monoisotopic (exact) mass is 535 g/mol. The largest absolute Gasteiger partial charge is 0.483 e. The minimum Gasteiger partial charge on any atom is -0.483 e. The van der Waals surface area contributed by atoms with Gasteiger partial charge in [0.05, 0.1) is 22.2 Å². The first-order valence-electron chi connectivity index (χ1n) is 12.2. The summed E-state index contributed by atoms with van der Waals surface area (Å²) in [6, 6.07) is 12.4. The van der Waals surface area contributed by atoms with Crippen LogP contribution in [-0.2, 0) is 4.74 Å². The lowest BCUT2D eigenvalue weighted by atomic mass is 10.1. The first-order chi connectivity index (χ1) is 17.0. The number of nitrogens with one attached hydrogen (secondary N) is 1. The average Bonchev–Trinajstić information content (AvgIpc) is 3.15. The summed E-state index contributed by atoms with van der Waals surface area (Å²) in [5, 5.41) is 3.91. The second kappa shape index (κ2) is 14.4. The Bertz CT molecular complexity index is 1130. The lowest BCUT2D eigenvalue weighted by Gasteiger charge is -2.07. The van der Waals surface area contributed by atoms with E-state index in [2.05, 4.69) is 17.0 Å². The Morgan fingerprint density at radius 2 is 1.51 bits per heavy atom. The van der Waals surface area contributed by atoms with E-state index in [9.17, 15) is 4.79 Å². The number of ether oxygens (including phenoxy) is 1. The van der Waals surface area contributed by atoms with Crippen LogP contribution in [0.2, 0.25) is 15.1 Å². The molecule has 188 valence electrons. The number of aliphatic imine (C=N–C) groups is 1. The highest BCUT2D eigenvalue weighted by Gasteiger charge is 2.20. The number of halogens is 3. The van der Waals surface area contributed by atoms with Crippen molar-refractivity contribution in [2.45, 2.75) is 64.7 Å². The highest BCUT2D eigenvalue weighted by molar-refractivity contribution is 6.40. The Morgan fingerprint density at radius 3 is 2.14 bits per heavy atom. The van der Waals surface area contributed by atoms with Crippen molar-refractivity contribution in [1.29, 1.82) is 0 Å². The summed E-state index contributed by atoms with van der Waals surface area (Å²) in [5.74, 6) is 0.357. The summed E-state index contributed by atoms with van der Waals surface area (Å²) in [7, 11) is 0. The summed E-state index contributed by atoms with van der Waals surface area (Å²) in [6.07, 6.45) is 12.6. The van der Waals surface area contributed by atoms with Crippen LogP contribution in [0.5, 0.6) is 0 Å². The molecule has 0 amide bonds. The quantitative estimate of drug-likeness (QED) is 0.127. The van der Waals surface area contributed by atoms with Crippen LogP contribution in [0.1, 0.15) is 64.7 Å². The maximum atomic E-state index is 13.4. The molecule has 1 heterocycles. The van der Waals surface area contributed by atoms with E-state index >= 15 is 0 Å². The SMILES string of the molecule is CCCCCCCCCCCOC=Nc1[nH]n(-c2c(Cl)cc(Cl)cc2Cl)c(=O)c1-c1ccccc1. The zero-order valence-corrected chi connectivity index (χ0v) is 22.3. The van der Waals surface area contributed by atoms with E-state index in [-0.39, 0.29) is 15.6 Å². The molecule has 0 aliphatic rings. The predicted octanol–water partition coefficient (Wildman–Crippen LogP) is 9.00. The van der Waals surface area contributed by atoms with Gasteiger partial charge in [0.2, 0.25) is 0 Å². The van der Waals surface area contributed by atoms with Crippen LogP contribution in [0.15, 0.2) is 52.3 Å². The smallest absolute Gasteiger partial charge is 0.281 e. The Balaban J connectivity index is 1.67. The second-order valence-electron chi connectivity index (χ2n) is 8.49. The fourth-order valence-electron chi connectivity index (χ4n) is 3.93. The molecule has 5 nitrogen and oxygen atoms in total. The maximum Gasteiger partial charge on any atom is 0.281 e. The van der Waals surface area contributed by atoms with Gasteiger partial charge in [0.15, 0.2) is 12.2 Å². The third-order valence-corrected chi connectivity index (χ3v) is 6.56. The molecular formula is C27H32Cl3N3O2. The third kappa shape index (κ3) is 7.89. The van der Waals surface area contributed by atoms with Crippen molar-refractivity contribution >= 4 is 47.0 Å². The van der Waals surface area contributed by atoms with Gasteiger partial charge in [-0.3, -0.25) is 9.89 Å². The summed E-state index contributed by atoms with van der Waals surface area (Å²) < 4.78 is 6.90. The molecule has 35 heavy (non-hydrogen) atoms. The molecule has 3 aromatic rings. The highest BCUT2D eigenvalue weighted by Crippen LogP contribution is 2.33. The molecule has 1 aromatic heterocycles. The van der Waals surface area contributed by atoms with Crippen LogP contribution in [-0.4, -0.2) is 22.8 Å². The van der Waals surface area contributed by atoms with E-state index in [0.29, 0.717) is 28.7 Å². The number of hydrogen-bond donors (Lipinski definition) is 1. The van der Waals surface area contributed by atoms with Gasteiger partial charge < -0.3 is 4.74 Å². The molecule has 0 unspecified atom stereocenters. The predicted molar refractivity (Wildman–Crippen MR) is 148 cm³/mol. The van der Waals surface area contributed by atoms with Crippen molar-refractivity contribution in [3.05, 3.63) is 67.9 Å². The molecule has 0 aliphatic carbocycles. The normalized spacial score (nSPS) is 11.4. The summed E-state index contributed by atoms with van der Waals surface area (Å²) in [6.45, 7) is 2.82. The molecular weight excluding hydrogens is 505 g/mol. The summed E-state index contributed by atoms with van der Waals surface area (Å²) in [4.78, 5) is 17.8. The van der Waals surface area contributed by atoms with E-state index in [1.165, 1.54) is 68.2 Å². The van der Waals surface area contributed by atoms with E-state index in [1.807, 2.05) is 30.3 Å². The zero-order chi connectivity index (χ0) is 25.0. The van der Waals surface area contributed by atoms with Gasteiger partial charge >= 0.3 is 0 Å². The van der Waals surface area contributed by atoms with Gasteiger partial charge in [-0.25, -0.2) is 9.67 Å². The number of rotatable bonds is 14.